The molecule has 0 spiro atoms. The number of carboxylic acid groups (broad SMARTS) is 1. The zero-order valence-electron chi connectivity index (χ0n) is 21.1. The summed E-state index contributed by atoms with van der Waals surface area (Å²) in [7, 11) is 0. The largest absolute Gasteiger partial charge is 0.481 e. The molecular formula is C27H38N4O5. The minimum absolute atomic E-state index is 0.0140. The summed E-state index contributed by atoms with van der Waals surface area (Å²) >= 11 is 0. The van der Waals surface area contributed by atoms with Crippen molar-refractivity contribution in [2.45, 2.75) is 89.5 Å². The van der Waals surface area contributed by atoms with Gasteiger partial charge in [-0.25, -0.2) is 4.98 Å². The van der Waals surface area contributed by atoms with Crippen molar-refractivity contribution >= 4 is 29.3 Å². The molecule has 0 saturated heterocycles. The average molecular weight is 499 g/mol. The second-order valence-electron chi connectivity index (χ2n) is 10.0. The van der Waals surface area contributed by atoms with E-state index in [-0.39, 0.29) is 36.7 Å². The first kappa shape index (κ1) is 26.0. The maximum absolute atomic E-state index is 13.5. The lowest BCUT2D eigenvalue weighted by Crippen LogP contribution is -2.42. The number of aromatic nitrogens is 2. The van der Waals surface area contributed by atoms with Crippen molar-refractivity contribution in [2.24, 2.45) is 5.92 Å². The zero-order chi connectivity index (χ0) is 25.5. The Morgan fingerprint density at radius 1 is 1.11 bits per heavy atom. The van der Waals surface area contributed by atoms with Crippen molar-refractivity contribution in [3.8, 4) is 0 Å². The Bertz CT molecular complexity index is 1070. The number of aliphatic carboxylic acids is 1. The third-order valence-electron chi connectivity index (χ3n) is 7.55. The highest BCUT2D eigenvalue weighted by atomic mass is 16.5. The van der Waals surface area contributed by atoms with Crippen molar-refractivity contribution in [1.82, 2.24) is 14.7 Å². The van der Waals surface area contributed by atoms with Gasteiger partial charge in [0.2, 0.25) is 0 Å². The van der Waals surface area contributed by atoms with E-state index in [2.05, 4.69) is 10.6 Å². The molecule has 2 fully saturated rings. The lowest BCUT2D eigenvalue weighted by molar-refractivity contribution is -0.141. The molecule has 2 saturated carbocycles. The van der Waals surface area contributed by atoms with Crippen LogP contribution in [0.25, 0.3) is 5.65 Å². The number of hydrogen-bond donors (Lipinski definition) is 3. The molecule has 4 rings (SSSR count). The van der Waals surface area contributed by atoms with Crippen LogP contribution in [0.3, 0.4) is 0 Å². The number of amides is 1. The van der Waals surface area contributed by atoms with E-state index < -0.39 is 12.0 Å². The quantitative estimate of drug-likeness (QED) is 0.412. The zero-order valence-corrected chi connectivity index (χ0v) is 21.1. The van der Waals surface area contributed by atoms with Gasteiger partial charge in [0.15, 0.2) is 5.65 Å². The first-order valence-electron chi connectivity index (χ1n) is 13.4. The predicted octanol–water partition coefficient (Wildman–Crippen LogP) is 4.51. The van der Waals surface area contributed by atoms with Crippen molar-refractivity contribution in [3.05, 3.63) is 29.6 Å². The Balaban J connectivity index is 1.65. The van der Waals surface area contributed by atoms with Crippen LogP contribution in [-0.4, -0.2) is 51.5 Å². The number of imidazole rings is 1. The fourth-order valence-electron chi connectivity index (χ4n) is 5.77. The van der Waals surface area contributed by atoms with E-state index >= 15 is 0 Å². The fraction of sp³-hybridized carbons (Fsp3) is 0.630. The number of fused-ring (bicyclic) bond motifs is 1. The van der Waals surface area contributed by atoms with Crippen molar-refractivity contribution in [2.75, 3.05) is 18.5 Å². The van der Waals surface area contributed by atoms with Gasteiger partial charge in [0, 0.05) is 18.2 Å². The molecule has 9 nitrogen and oxygen atoms in total. The van der Waals surface area contributed by atoms with Crippen molar-refractivity contribution < 1.29 is 24.2 Å². The Hall–Kier alpha value is -3.10. The van der Waals surface area contributed by atoms with Gasteiger partial charge in [-0.3, -0.25) is 18.8 Å². The molecule has 3 N–H and O–H groups in total. The van der Waals surface area contributed by atoms with Gasteiger partial charge in [-0.2, -0.15) is 0 Å². The fourth-order valence-corrected chi connectivity index (χ4v) is 5.77. The minimum Gasteiger partial charge on any atom is -0.481 e. The van der Waals surface area contributed by atoms with E-state index in [4.69, 9.17) is 9.72 Å². The maximum atomic E-state index is 13.5. The molecule has 0 aromatic carbocycles. The summed E-state index contributed by atoms with van der Waals surface area (Å²) in [6.07, 6.45) is 12.4. The van der Waals surface area contributed by atoms with Crippen LogP contribution < -0.4 is 10.6 Å². The van der Waals surface area contributed by atoms with Gasteiger partial charge in [0.1, 0.15) is 12.4 Å². The molecule has 2 aromatic heterocycles. The molecule has 2 heterocycles. The minimum atomic E-state index is -0.907. The lowest BCUT2D eigenvalue weighted by Gasteiger charge is -2.30. The maximum Gasteiger partial charge on any atom is 0.325 e. The van der Waals surface area contributed by atoms with Crippen molar-refractivity contribution in [3.63, 3.8) is 0 Å². The van der Waals surface area contributed by atoms with Crippen LogP contribution in [0, 0.1) is 5.92 Å². The first-order chi connectivity index (χ1) is 17.5. The molecule has 1 atom stereocenters. The molecule has 2 aliphatic rings. The van der Waals surface area contributed by atoms with Crippen molar-refractivity contribution in [1.29, 1.82) is 0 Å². The molecule has 0 aliphatic heterocycles. The third-order valence-corrected chi connectivity index (χ3v) is 7.55. The molecular weight excluding hydrogens is 460 g/mol. The van der Waals surface area contributed by atoms with Gasteiger partial charge >= 0.3 is 11.9 Å². The number of pyridine rings is 1. The standard InChI is InChI=1S/C27H38N4O5/c1-2-36-23(34)17-28-26-24(19-12-7-4-8-13-19)30-25-20(14-9-15-31(25)26)27(35)29-21(16-22(32)33)18-10-5-3-6-11-18/h9,14-15,18-19,21,28H,2-8,10-13,16-17H2,1H3,(H,29,35)(H,32,33). The second-order valence-corrected chi connectivity index (χ2v) is 10.0. The summed E-state index contributed by atoms with van der Waals surface area (Å²) in [6.45, 7) is 2.10. The SMILES string of the molecule is CCOC(=O)CNc1c(C2CCCCC2)nc2c(C(=O)NC(CC(=O)O)C3CCCCC3)cccn12. The van der Waals surface area contributed by atoms with Crippen LogP contribution >= 0.6 is 0 Å². The number of rotatable bonds is 10. The van der Waals surface area contributed by atoms with E-state index in [1.165, 1.54) is 6.42 Å². The Labute approximate surface area is 212 Å². The second kappa shape index (κ2) is 12.2. The lowest BCUT2D eigenvalue weighted by atomic mass is 9.82. The van der Waals surface area contributed by atoms with Gasteiger partial charge in [-0.15, -0.1) is 0 Å². The van der Waals surface area contributed by atoms with Crippen LogP contribution in [-0.2, 0) is 14.3 Å². The summed E-state index contributed by atoms with van der Waals surface area (Å²) in [4.78, 5) is 42.1. The third kappa shape index (κ3) is 6.17. The topological polar surface area (TPSA) is 122 Å². The van der Waals surface area contributed by atoms with Crippen LogP contribution in [0.5, 0.6) is 0 Å². The number of carbonyl (C=O) groups excluding carboxylic acids is 2. The average Bonchev–Trinajstić information content (AvgIpc) is 3.26. The van der Waals surface area contributed by atoms with Crippen LogP contribution in [0.15, 0.2) is 18.3 Å². The van der Waals surface area contributed by atoms with E-state index in [1.54, 1.807) is 19.1 Å². The van der Waals surface area contributed by atoms with Gasteiger partial charge in [-0.1, -0.05) is 38.5 Å². The molecule has 1 unspecified atom stereocenters. The number of nitrogens with one attached hydrogen (secondary N) is 2. The molecule has 0 radical (unpaired) electrons. The number of carboxylic acids is 1. The van der Waals surface area contributed by atoms with Gasteiger partial charge in [0.25, 0.3) is 5.91 Å². The summed E-state index contributed by atoms with van der Waals surface area (Å²) in [6, 6.07) is 3.11. The number of nitrogens with zero attached hydrogens (tertiary/aromatic N) is 2. The molecule has 1 amide bonds. The molecule has 0 bridgehead atoms. The number of anilines is 1. The highest BCUT2D eigenvalue weighted by molar-refractivity contribution is 6.00. The molecule has 36 heavy (non-hydrogen) atoms. The monoisotopic (exact) mass is 498 g/mol. The van der Waals surface area contributed by atoms with E-state index in [0.717, 1.165) is 63.5 Å². The summed E-state index contributed by atoms with van der Waals surface area (Å²) in [5.41, 5.74) is 1.79. The molecule has 9 heteroatoms. The van der Waals surface area contributed by atoms with Gasteiger partial charge in [0.05, 0.1) is 24.3 Å². The number of esters is 1. The summed E-state index contributed by atoms with van der Waals surface area (Å²) in [5, 5.41) is 15.7. The van der Waals surface area contributed by atoms with E-state index in [9.17, 15) is 19.5 Å². The van der Waals surface area contributed by atoms with E-state index in [1.807, 2.05) is 10.6 Å². The highest BCUT2D eigenvalue weighted by Crippen LogP contribution is 2.37. The van der Waals surface area contributed by atoms with E-state index in [0.29, 0.717) is 23.6 Å². The van der Waals surface area contributed by atoms with Gasteiger partial charge in [-0.05, 0) is 50.7 Å². The predicted molar refractivity (Wildman–Crippen MR) is 136 cm³/mol. The first-order valence-corrected chi connectivity index (χ1v) is 13.4. The smallest absolute Gasteiger partial charge is 0.325 e. The molecule has 196 valence electrons. The Kier molecular flexibility index (Phi) is 8.83. The van der Waals surface area contributed by atoms with Crippen LogP contribution in [0.1, 0.15) is 99.5 Å². The van der Waals surface area contributed by atoms with Crippen LogP contribution in [0.2, 0.25) is 0 Å². The highest BCUT2D eigenvalue weighted by Gasteiger charge is 2.30. The Morgan fingerprint density at radius 2 is 1.81 bits per heavy atom. The summed E-state index contributed by atoms with van der Waals surface area (Å²) in [5.74, 6) is -0.433. The van der Waals surface area contributed by atoms with Gasteiger partial charge < -0.3 is 20.5 Å². The number of ether oxygens (including phenoxy) is 1. The summed E-state index contributed by atoms with van der Waals surface area (Å²) < 4.78 is 6.93. The number of hydrogen-bond acceptors (Lipinski definition) is 6. The number of carbonyl (C=O) groups is 3. The molecule has 2 aliphatic carbocycles. The normalized spacial score (nSPS) is 18.0. The van der Waals surface area contributed by atoms with Crippen LogP contribution in [0.4, 0.5) is 5.82 Å². The molecule has 2 aromatic rings. The Morgan fingerprint density at radius 3 is 2.47 bits per heavy atom.